The lowest BCUT2D eigenvalue weighted by Gasteiger charge is -2.14. The van der Waals surface area contributed by atoms with E-state index in [1.165, 1.54) is 18.2 Å². The quantitative estimate of drug-likeness (QED) is 0.608. The predicted octanol–water partition coefficient (Wildman–Crippen LogP) is 0.884. The van der Waals surface area contributed by atoms with Crippen LogP contribution >= 0.6 is 0 Å². The average Bonchev–Trinajstić information content (AvgIpc) is 2.77. The van der Waals surface area contributed by atoms with Gasteiger partial charge in [-0.2, -0.15) is 0 Å². The highest BCUT2D eigenvalue weighted by Gasteiger charge is 2.29. The molecule has 1 aromatic rings. The lowest BCUT2D eigenvalue weighted by molar-refractivity contribution is -0.120. The topological polar surface area (TPSA) is 98.7 Å². The van der Waals surface area contributed by atoms with Gasteiger partial charge in [0.25, 0.3) is 0 Å². The smallest absolute Gasteiger partial charge is 0.339 e. The van der Waals surface area contributed by atoms with Gasteiger partial charge >= 0.3 is 5.97 Å². The molecule has 0 saturated carbocycles. The van der Waals surface area contributed by atoms with Crippen LogP contribution in [0.15, 0.2) is 18.2 Å². The molecule has 0 bridgehead atoms. The lowest BCUT2D eigenvalue weighted by atomic mass is 9.97. The largest absolute Gasteiger partial charge is 0.507 e. The number of hydrogen-bond acceptors (Lipinski definition) is 4. The fourth-order valence-corrected chi connectivity index (χ4v) is 2.18. The summed E-state index contributed by atoms with van der Waals surface area (Å²) in [4.78, 5) is 22.9. The number of rotatable bonds is 3. The van der Waals surface area contributed by atoms with Crippen molar-refractivity contribution in [1.29, 1.82) is 0 Å². The Morgan fingerprint density at radius 1 is 1.37 bits per heavy atom. The summed E-state index contributed by atoms with van der Waals surface area (Å²) in [6.07, 6.45) is 0. The van der Waals surface area contributed by atoms with Crippen molar-refractivity contribution in [2.75, 3.05) is 18.4 Å². The van der Waals surface area contributed by atoms with E-state index in [1.807, 2.05) is 6.92 Å². The number of carbonyl (C=O) groups is 2. The Labute approximate surface area is 110 Å². The Morgan fingerprint density at radius 2 is 2.11 bits per heavy atom. The first kappa shape index (κ1) is 13.4. The molecule has 2 atom stereocenters. The van der Waals surface area contributed by atoms with Crippen LogP contribution in [0.2, 0.25) is 0 Å². The van der Waals surface area contributed by atoms with Crippen LogP contribution in [-0.2, 0) is 4.79 Å². The van der Waals surface area contributed by atoms with Crippen molar-refractivity contribution < 1.29 is 19.8 Å². The van der Waals surface area contributed by atoms with Crippen molar-refractivity contribution in [2.24, 2.45) is 11.8 Å². The van der Waals surface area contributed by atoms with E-state index in [-0.39, 0.29) is 29.1 Å². The molecular formula is C13H16N2O4. The number of carboxylic acid groups (broad SMARTS) is 1. The van der Waals surface area contributed by atoms with Gasteiger partial charge in [0.15, 0.2) is 0 Å². The average molecular weight is 264 g/mol. The zero-order valence-corrected chi connectivity index (χ0v) is 10.5. The van der Waals surface area contributed by atoms with Crippen LogP contribution in [0.3, 0.4) is 0 Å². The Bertz CT molecular complexity index is 515. The molecule has 1 aromatic carbocycles. The number of aromatic carboxylic acids is 1. The van der Waals surface area contributed by atoms with Crippen LogP contribution < -0.4 is 10.6 Å². The molecule has 19 heavy (non-hydrogen) atoms. The molecule has 1 amide bonds. The summed E-state index contributed by atoms with van der Waals surface area (Å²) in [5.74, 6) is -1.57. The monoisotopic (exact) mass is 264 g/mol. The second-order valence-corrected chi connectivity index (χ2v) is 4.77. The summed E-state index contributed by atoms with van der Waals surface area (Å²) in [6, 6.07) is 3.99. The molecule has 0 radical (unpaired) electrons. The second kappa shape index (κ2) is 5.27. The molecule has 1 fully saturated rings. The number of amides is 1. The van der Waals surface area contributed by atoms with E-state index in [0.717, 1.165) is 6.54 Å². The normalized spacial score (nSPS) is 22.2. The van der Waals surface area contributed by atoms with Gasteiger partial charge < -0.3 is 20.8 Å². The van der Waals surface area contributed by atoms with Crippen LogP contribution in [0.1, 0.15) is 17.3 Å². The molecule has 1 aliphatic rings. The van der Waals surface area contributed by atoms with E-state index in [0.29, 0.717) is 12.2 Å². The summed E-state index contributed by atoms with van der Waals surface area (Å²) in [5, 5.41) is 24.1. The fourth-order valence-electron chi connectivity index (χ4n) is 2.18. The number of benzene rings is 1. The third kappa shape index (κ3) is 2.85. The molecule has 0 unspecified atom stereocenters. The van der Waals surface area contributed by atoms with E-state index in [9.17, 15) is 14.7 Å². The van der Waals surface area contributed by atoms with E-state index in [1.54, 1.807) is 0 Å². The summed E-state index contributed by atoms with van der Waals surface area (Å²) in [6.45, 7) is 3.41. The maximum Gasteiger partial charge on any atom is 0.339 e. The molecule has 0 aromatic heterocycles. The van der Waals surface area contributed by atoms with Gasteiger partial charge in [0.05, 0.1) is 5.92 Å². The maximum absolute atomic E-state index is 12.0. The number of anilines is 1. The Balaban J connectivity index is 2.13. The van der Waals surface area contributed by atoms with Gasteiger partial charge in [-0.15, -0.1) is 0 Å². The zero-order valence-electron chi connectivity index (χ0n) is 10.5. The highest BCUT2D eigenvalue weighted by molar-refractivity contribution is 5.96. The van der Waals surface area contributed by atoms with Crippen LogP contribution in [0.5, 0.6) is 5.75 Å². The van der Waals surface area contributed by atoms with Crippen LogP contribution in [0.4, 0.5) is 5.69 Å². The number of aromatic hydroxyl groups is 1. The van der Waals surface area contributed by atoms with Crippen molar-refractivity contribution in [2.45, 2.75) is 6.92 Å². The third-order valence-corrected chi connectivity index (χ3v) is 3.35. The summed E-state index contributed by atoms with van der Waals surface area (Å²) >= 11 is 0. The van der Waals surface area contributed by atoms with Gasteiger partial charge in [-0.25, -0.2) is 4.79 Å². The standard InChI is InChI=1S/C13H16N2O4/c1-7-5-14-6-10(7)12(17)15-8-2-3-11(16)9(4-8)13(18)19/h2-4,7,10,14,16H,5-6H2,1H3,(H,15,17)(H,18,19)/t7-,10-/m1/s1. The Kier molecular flexibility index (Phi) is 3.71. The minimum atomic E-state index is -1.23. The molecule has 1 heterocycles. The first-order chi connectivity index (χ1) is 8.99. The van der Waals surface area contributed by atoms with Gasteiger partial charge in [0.2, 0.25) is 5.91 Å². The summed E-state index contributed by atoms with van der Waals surface area (Å²) in [7, 11) is 0. The zero-order chi connectivity index (χ0) is 14.0. The number of carboxylic acids is 1. The molecule has 1 saturated heterocycles. The highest BCUT2D eigenvalue weighted by atomic mass is 16.4. The molecular weight excluding hydrogens is 248 g/mol. The van der Waals surface area contributed by atoms with Crippen molar-refractivity contribution >= 4 is 17.6 Å². The van der Waals surface area contributed by atoms with Gasteiger partial charge in [-0.3, -0.25) is 4.79 Å². The van der Waals surface area contributed by atoms with Crippen molar-refractivity contribution in [1.82, 2.24) is 5.32 Å². The molecule has 0 spiro atoms. The van der Waals surface area contributed by atoms with Crippen LogP contribution in [0, 0.1) is 11.8 Å². The molecule has 6 heteroatoms. The van der Waals surface area contributed by atoms with Crippen LogP contribution in [-0.4, -0.2) is 35.2 Å². The van der Waals surface area contributed by atoms with Crippen molar-refractivity contribution in [3.63, 3.8) is 0 Å². The van der Waals surface area contributed by atoms with Gasteiger partial charge in [0, 0.05) is 12.2 Å². The molecule has 1 aliphatic heterocycles. The van der Waals surface area contributed by atoms with E-state index in [2.05, 4.69) is 10.6 Å². The van der Waals surface area contributed by atoms with Crippen molar-refractivity contribution in [3.05, 3.63) is 23.8 Å². The third-order valence-electron chi connectivity index (χ3n) is 3.35. The fraction of sp³-hybridized carbons (Fsp3) is 0.385. The van der Waals surface area contributed by atoms with E-state index in [4.69, 9.17) is 5.11 Å². The van der Waals surface area contributed by atoms with E-state index < -0.39 is 5.97 Å². The van der Waals surface area contributed by atoms with E-state index >= 15 is 0 Å². The predicted molar refractivity (Wildman–Crippen MR) is 69.2 cm³/mol. The lowest BCUT2D eigenvalue weighted by Crippen LogP contribution is -2.27. The Morgan fingerprint density at radius 3 is 2.68 bits per heavy atom. The maximum atomic E-state index is 12.0. The molecule has 102 valence electrons. The first-order valence-electron chi connectivity index (χ1n) is 6.07. The first-order valence-corrected chi connectivity index (χ1v) is 6.07. The van der Waals surface area contributed by atoms with Crippen molar-refractivity contribution in [3.8, 4) is 5.75 Å². The second-order valence-electron chi connectivity index (χ2n) is 4.77. The minimum Gasteiger partial charge on any atom is -0.507 e. The SMILES string of the molecule is C[C@@H]1CNC[C@H]1C(=O)Nc1ccc(O)c(C(=O)O)c1. The molecule has 4 N–H and O–H groups in total. The number of hydrogen-bond donors (Lipinski definition) is 4. The molecule has 2 rings (SSSR count). The molecule has 6 nitrogen and oxygen atoms in total. The van der Waals surface area contributed by atoms with Crippen LogP contribution in [0.25, 0.3) is 0 Å². The summed E-state index contributed by atoms with van der Waals surface area (Å²) < 4.78 is 0. The highest BCUT2D eigenvalue weighted by Crippen LogP contribution is 2.23. The Hall–Kier alpha value is -2.08. The number of phenols is 1. The van der Waals surface area contributed by atoms with Gasteiger partial charge in [0.1, 0.15) is 11.3 Å². The number of carbonyl (C=O) groups excluding carboxylic acids is 1. The minimum absolute atomic E-state index is 0.123. The van der Waals surface area contributed by atoms with Gasteiger partial charge in [-0.05, 0) is 30.7 Å². The van der Waals surface area contributed by atoms with Gasteiger partial charge in [-0.1, -0.05) is 6.92 Å². The number of nitrogens with one attached hydrogen (secondary N) is 2. The molecule has 0 aliphatic carbocycles. The summed E-state index contributed by atoms with van der Waals surface area (Å²) in [5.41, 5.74) is 0.148.